The van der Waals surface area contributed by atoms with Gasteiger partial charge in [0.15, 0.2) is 0 Å². The molecule has 0 saturated heterocycles. The number of nitrogens with zero attached hydrogens (tertiary/aromatic N) is 2. The highest BCUT2D eigenvalue weighted by Crippen LogP contribution is 2.22. The van der Waals surface area contributed by atoms with Crippen LogP contribution >= 0.6 is 11.8 Å². The summed E-state index contributed by atoms with van der Waals surface area (Å²) < 4.78 is 2.11. The molecule has 0 spiro atoms. The molecule has 0 saturated carbocycles. The minimum absolute atomic E-state index is 0.134. The van der Waals surface area contributed by atoms with Crippen molar-refractivity contribution in [1.29, 1.82) is 0 Å². The van der Waals surface area contributed by atoms with Crippen LogP contribution in [0.15, 0.2) is 0 Å². The van der Waals surface area contributed by atoms with Gasteiger partial charge in [-0.25, -0.2) is 0 Å². The largest absolute Gasteiger partial charge is 0.324 e. The Hall–Kier alpha value is -0.480. The van der Waals surface area contributed by atoms with Gasteiger partial charge in [0.25, 0.3) is 0 Å². The molecule has 1 rings (SSSR count). The molecule has 3 nitrogen and oxygen atoms in total. The second-order valence-corrected chi connectivity index (χ2v) is 5.15. The molecule has 1 heterocycles. The molecule has 16 heavy (non-hydrogen) atoms. The Balaban J connectivity index is 2.80. The van der Waals surface area contributed by atoms with Crippen LogP contribution in [-0.4, -0.2) is 21.8 Å². The van der Waals surface area contributed by atoms with Crippen molar-refractivity contribution in [2.75, 3.05) is 12.0 Å². The third-order valence-corrected chi connectivity index (χ3v) is 3.66. The highest BCUT2D eigenvalue weighted by molar-refractivity contribution is 7.98. The van der Waals surface area contributed by atoms with Crippen molar-refractivity contribution in [3.8, 4) is 0 Å². The van der Waals surface area contributed by atoms with E-state index in [9.17, 15) is 0 Å². The van der Waals surface area contributed by atoms with Crippen LogP contribution in [0, 0.1) is 13.8 Å². The van der Waals surface area contributed by atoms with E-state index < -0.39 is 0 Å². The second kappa shape index (κ2) is 6.30. The highest BCUT2D eigenvalue weighted by atomic mass is 32.2. The second-order valence-electron chi connectivity index (χ2n) is 4.17. The van der Waals surface area contributed by atoms with Gasteiger partial charge in [-0.05, 0) is 38.7 Å². The Morgan fingerprint density at radius 2 is 2.12 bits per heavy atom. The number of rotatable bonds is 6. The van der Waals surface area contributed by atoms with Gasteiger partial charge in [-0.1, -0.05) is 6.92 Å². The fourth-order valence-corrected chi connectivity index (χ4v) is 2.45. The number of thioether (sulfide) groups is 1. The summed E-state index contributed by atoms with van der Waals surface area (Å²) >= 11 is 1.88. The van der Waals surface area contributed by atoms with Crippen molar-refractivity contribution in [2.24, 2.45) is 5.73 Å². The number of aromatic nitrogens is 2. The topological polar surface area (TPSA) is 43.8 Å². The maximum atomic E-state index is 6.11. The number of aryl methyl sites for hydroxylation is 2. The van der Waals surface area contributed by atoms with Gasteiger partial charge in [0.1, 0.15) is 0 Å². The summed E-state index contributed by atoms with van der Waals surface area (Å²) in [6.07, 6.45) is 4.28. The third kappa shape index (κ3) is 3.01. The lowest BCUT2D eigenvalue weighted by molar-refractivity contribution is 0.583. The molecule has 0 aromatic carbocycles. The van der Waals surface area contributed by atoms with Crippen molar-refractivity contribution >= 4 is 11.8 Å². The molecule has 0 bridgehead atoms. The monoisotopic (exact) mass is 241 g/mol. The Morgan fingerprint density at radius 1 is 1.44 bits per heavy atom. The normalized spacial score (nSPS) is 13.1. The van der Waals surface area contributed by atoms with E-state index in [1.807, 2.05) is 11.8 Å². The van der Waals surface area contributed by atoms with Gasteiger partial charge in [-0.2, -0.15) is 16.9 Å². The lowest BCUT2D eigenvalue weighted by Gasteiger charge is -2.10. The maximum absolute atomic E-state index is 6.11. The van der Waals surface area contributed by atoms with E-state index >= 15 is 0 Å². The van der Waals surface area contributed by atoms with Gasteiger partial charge in [-0.3, -0.25) is 4.68 Å². The molecule has 0 aliphatic carbocycles. The van der Waals surface area contributed by atoms with Gasteiger partial charge in [0.05, 0.1) is 5.69 Å². The smallest absolute Gasteiger partial charge is 0.0644 e. The quantitative estimate of drug-likeness (QED) is 0.779. The Bertz CT molecular complexity index is 333. The Labute approximate surface area is 103 Å². The minimum Gasteiger partial charge on any atom is -0.324 e. The molecule has 92 valence electrons. The standard InChI is InChI=1S/C12H23N3S/c1-5-11(13)12-9(2)14-15(10(12)3)7-6-8-16-4/h11H,5-8,13H2,1-4H3. The van der Waals surface area contributed by atoms with Gasteiger partial charge in [0.2, 0.25) is 0 Å². The zero-order valence-corrected chi connectivity index (χ0v) is 11.6. The van der Waals surface area contributed by atoms with E-state index in [0.717, 1.165) is 18.7 Å². The molecule has 2 N–H and O–H groups in total. The summed E-state index contributed by atoms with van der Waals surface area (Å²) in [5.74, 6) is 1.19. The molecule has 0 radical (unpaired) electrons. The van der Waals surface area contributed by atoms with Crippen LogP contribution in [0.5, 0.6) is 0 Å². The predicted molar refractivity (Wildman–Crippen MR) is 71.9 cm³/mol. The van der Waals surface area contributed by atoms with E-state index in [2.05, 4.69) is 36.8 Å². The lowest BCUT2D eigenvalue weighted by atomic mass is 10.0. The van der Waals surface area contributed by atoms with E-state index in [0.29, 0.717) is 0 Å². The number of hydrogen-bond acceptors (Lipinski definition) is 3. The number of nitrogens with two attached hydrogens (primary N) is 1. The van der Waals surface area contributed by atoms with Crippen LogP contribution < -0.4 is 5.73 Å². The third-order valence-electron chi connectivity index (χ3n) is 2.97. The molecule has 0 amide bonds. The van der Waals surface area contributed by atoms with Crippen LogP contribution in [0.2, 0.25) is 0 Å². The van der Waals surface area contributed by atoms with Gasteiger partial charge in [-0.15, -0.1) is 0 Å². The van der Waals surface area contributed by atoms with Gasteiger partial charge in [0, 0.05) is 23.8 Å². The minimum atomic E-state index is 0.134. The van der Waals surface area contributed by atoms with Gasteiger partial charge < -0.3 is 5.73 Å². The van der Waals surface area contributed by atoms with Gasteiger partial charge >= 0.3 is 0 Å². The van der Waals surface area contributed by atoms with Crippen molar-refractivity contribution in [1.82, 2.24) is 9.78 Å². The predicted octanol–water partition coefficient (Wildman–Crippen LogP) is 2.66. The van der Waals surface area contributed by atoms with Crippen LogP contribution in [0.4, 0.5) is 0 Å². The van der Waals surface area contributed by atoms with Crippen LogP contribution in [0.1, 0.15) is 42.8 Å². The Morgan fingerprint density at radius 3 is 2.69 bits per heavy atom. The highest BCUT2D eigenvalue weighted by Gasteiger charge is 2.16. The van der Waals surface area contributed by atoms with Crippen molar-refractivity contribution in [2.45, 2.75) is 46.2 Å². The lowest BCUT2D eigenvalue weighted by Crippen LogP contribution is -2.11. The van der Waals surface area contributed by atoms with Crippen LogP contribution in [0.3, 0.4) is 0 Å². The fourth-order valence-electron chi connectivity index (χ4n) is 2.03. The Kier molecular flexibility index (Phi) is 5.35. The molecule has 0 fully saturated rings. The first-order valence-electron chi connectivity index (χ1n) is 5.90. The zero-order valence-electron chi connectivity index (χ0n) is 10.8. The molecule has 1 aromatic rings. The first-order chi connectivity index (χ1) is 7.61. The summed E-state index contributed by atoms with van der Waals surface area (Å²) in [5.41, 5.74) is 9.69. The average Bonchev–Trinajstić information content (AvgIpc) is 2.54. The van der Waals surface area contributed by atoms with E-state index in [-0.39, 0.29) is 6.04 Å². The SMILES string of the molecule is CCC(N)c1c(C)nn(CCCSC)c1C. The maximum Gasteiger partial charge on any atom is 0.0644 e. The molecule has 1 atom stereocenters. The van der Waals surface area contributed by atoms with Crippen molar-refractivity contribution in [3.05, 3.63) is 17.0 Å². The first-order valence-corrected chi connectivity index (χ1v) is 7.29. The fraction of sp³-hybridized carbons (Fsp3) is 0.750. The summed E-state index contributed by atoms with van der Waals surface area (Å²) in [6, 6.07) is 0.134. The molecular weight excluding hydrogens is 218 g/mol. The average molecular weight is 241 g/mol. The molecule has 1 unspecified atom stereocenters. The number of hydrogen-bond donors (Lipinski definition) is 1. The van der Waals surface area contributed by atoms with E-state index in [4.69, 9.17) is 5.73 Å². The molecule has 4 heteroatoms. The van der Waals surface area contributed by atoms with Crippen molar-refractivity contribution in [3.63, 3.8) is 0 Å². The molecule has 0 aliphatic heterocycles. The van der Waals surface area contributed by atoms with Crippen LogP contribution in [0.25, 0.3) is 0 Å². The summed E-state index contributed by atoms with van der Waals surface area (Å²) in [7, 11) is 0. The van der Waals surface area contributed by atoms with E-state index in [1.165, 1.54) is 23.4 Å². The molecular formula is C12H23N3S. The summed E-state index contributed by atoms with van der Waals surface area (Å²) in [4.78, 5) is 0. The molecule has 1 aromatic heterocycles. The van der Waals surface area contributed by atoms with E-state index in [1.54, 1.807) is 0 Å². The summed E-state index contributed by atoms with van der Waals surface area (Å²) in [6.45, 7) is 7.31. The van der Waals surface area contributed by atoms with Crippen molar-refractivity contribution < 1.29 is 0 Å². The zero-order chi connectivity index (χ0) is 12.1. The summed E-state index contributed by atoms with van der Waals surface area (Å²) in [5, 5.41) is 4.58. The van der Waals surface area contributed by atoms with Crippen LogP contribution in [-0.2, 0) is 6.54 Å². The molecule has 0 aliphatic rings. The first kappa shape index (κ1) is 13.6.